The maximum atomic E-state index is 5.98. The van der Waals surface area contributed by atoms with E-state index in [1.54, 1.807) is 0 Å². The largest absolute Gasteiger partial charge is 0.328 e. The molecule has 1 unspecified atom stereocenters. The molecule has 0 aliphatic carbocycles. The molecule has 2 heterocycles. The van der Waals surface area contributed by atoms with Crippen molar-refractivity contribution in [1.82, 2.24) is 9.55 Å². The van der Waals surface area contributed by atoms with E-state index in [9.17, 15) is 0 Å². The normalized spacial score (nSPS) is 18.0. The molecule has 0 spiro atoms. The number of rotatable bonds is 1. The Morgan fingerprint density at radius 3 is 2.72 bits per heavy atom. The Labute approximate surface area is 113 Å². The van der Waals surface area contributed by atoms with Crippen LogP contribution in [0.5, 0.6) is 0 Å². The van der Waals surface area contributed by atoms with Gasteiger partial charge in [-0.25, -0.2) is 4.98 Å². The van der Waals surface area contributed by atoms with Crippen LogP contribution in [0.3, 0.4) is 0 Å². The highest BCUT2D eigenvalue weighted by atomic mass is 35.5. The Morgan fingerprint density at radius 2 is 2.00 bits per heavy atom. The summed E-state index contributed by atoms with van der Waals surface area (Å²) in [5.74, 6) is 1.08. The van der Waals surface area contributed by atoms with Gasteiger partial charge in [0.2, 0.25) is 0 Å². The van der Waals surface area contributed by atoms with Gasteiger partial charge in [-0.15, -0.1) is 12.4 Å². The molecular formula is C14H18ClN3. The fraction of sp³-hybridized carbons (Fsp3) is 0.357. The Hall–Kier alpha value is -1.32. The highest BCUT2D eigenvalue weighted by Crippen LogP contribution is 2.24. The zero-order valence-electron chi connectivity index (χ0n) is 10.5. The standard InChI is InChI=1S/C14H17N3.ClH/c1-10-2-4-11(5-3-10)14-16-9-13-8-12(15)6-7-17(13)14;/h2-5,9,12H,6-8,15H2,1H3;1H. The number of aromatic nitrogens is 2. The molecule has 2 N–H and O–H groups in total. The fourth-order valence-corrected chi connectivity index (χ4v) is 2.42. The molecule has 1 atom stereocenters. The van der Waals surface area contributed by atoms with E-state index < -0.39 is 0 Å². The van der Waals surface area contributed by atoms with Gasteiger partial charge in [0.1, 0.15) is 5.82 Å². The minimum Gasteiger partial charge on any atom is -0.328 e. The van der Waals surface area contributed by atoms with Crippen molar-refractivity contribution in [3.63, 3.8) is 0 Å². The van der Waals surface area contributed by atoms with E-state index >= 15 is 0 Å². The number of nitrogens with zero attached hydrogens (tertiary/aromatic N) is 2. The van der Waals surface area contributed by atoms with Crippen LogP contribution in [0.15, 0.2) is 30.5 Å². The molecule has 18 heavy (non-hydrogen) atoms. The second-order valence-corrected chi connectivity index (χ2v) is 4.84. The highest BCUT2D eigenvalue weighted by Gasteiger charge is 2.19. The van der Waals surface area contributed by atoms with Gasteiger partial charge in [-0.1, -0.05) is 29.8 Å². The van der Waals surface area contributed by atoms with Crippen LogP contribution in [0.25, 0.3) is 11.4 Å². The van der Waals surface area contributed by atoms with E-state index in [2.05, 4.69) is 40.7 Å². The van der Waals surface area contributed by atoms with Crippen molar-refractivity contribution in [3.05, 3.63) is 41.7 Å². The maximum Gasteiger partial charge on any atom is 0.140 e. The average Bonchev–Trinajstić information content (AvgIpc) is 2.73. The first-order valence-corrected chi connectivity index (χ1v) is 6.11. The molecule has 1 aliphatic rings. The highest BCUT2D eigenvalue weighted by molar-refractivity contribution is 5.85. The van der Waals surface area contributed by atoms with E-state index in [-0.39, 0.29) is 12.4 Å². The van der Waals surface area contributed by atoms with Gasteiger partial charge >= 0.3 is 0 Å². The van der Waals surface area contributed by atoms with Gasteiger partial charge in [-0.2, -0.15) is 0 Å². The van der Waals surface area contributed by atoms with Crippen molar-refractivity contribution in [2.75, 3.05) is 0 Å². The van der Waals surface area contributed by atoms with Crippen LogP contribution in [-0.4, -0.2) is 15.6 Å². The fourth-order valence-electron chi connectivity index (χ4n) is 2.42. The summed E-state index contributed by atoms with van der Waals surface area (Å²) < 4.78 is 2.30. The van der Waals surface area contributed by atoms with Crippen molar-refractivity contribution in [3.8, 4) is 11.4 Å². The van der Waals surface area contributed by atoms with Crippen molar-refractivity contribution in [2.24, 2.45) is 5.73 Å². The van der Waals surface area contributed by atoms with E-state index in [0.29, 0.717) is 6.04 Å². The molecule has 3 nitrogen and oxygen atoms in total. The van der Waals surface area contributed by atoms with Crippen molar-refractivity contribution in [2.45, 2.75) is 32.4 Å². The van der Waals surface area contributed by atoms with Crippen LogP contribution < -0.4 is 5.73 Å². The lowest BCUT2D eigenvalue weighted by Gasteiger charge is -2.21. The lowest BCUT2D eigenvalue weighted by molar-refractivity contribution is 0.474. The van der Waals surface area contributed by atoms with Gasteiger partial charge in [-0.05, 0) is 13.3 Å². The van der Waals surface area contributed by atoms with Crippen molar-refractivity contribution < 1.29 is 0 Å². The topological polar surface area (TPSA) is 43.8 Å². The molecule has 0 fully saturated rings. The minimum atomic E-state index is 0. The van der Waals surface area contributed by atoms with Gasteiger partial charge in [0.15, 0.2) is 0 Å². The predicted molar refractivity (Wildman–Crippen MR) is 75.9 cm³/mol. The molecule has 0 amide bonds. The number of hydrogen-bond donors (Lipinski definition) is 1. The molecule has 3 rings (SSSR count). The lowest BCUT2D eigenvalue weighted by atomic mass is 10.1. The van der Waals surface area contributed by atoms with Gasteiger partial charge < -0.3 is 10.3 Å². The molecule has 0 bridgehead atoms. The van der Waals surface area contributed by atoms with Crippen molar-refractivity contribution >= 4 is 12.4 Å². The number of fused-ring (bicyclic) bond motifs is 1. The Bertz CT molecular complexity index is 530. The summed E-state index contributed by atoms with van der Waals surface area (Å²) in [5, 5.41) is 0. The Balaban J connectivity index is 0.00000120. The van der Waals surface area contributed by atoms with Crippen LogP contribution in [0.1, 0.15) is 17.7 Å². The summed E-state index contributed by atoms with van der Waals surface area (Å²) in [4.78, 5) is 4.54. The van der Waals surface area contributed by atoms with Gasteiger partial charge in [-0.3, -0.25) is 0 Å². The number of imidazole rings is 1. The second-order valence-electron chi connectivity index (χ2n) is 4.84. The summed E-state index contributed by atoms with van der Waals surface area (Å²) >= 11 is 0. The first-order valence-electron chi connectivity index (χ1n) is 6.11. The predicted octanol–water partition coefficient (Wildman–Crippen LogP) is 2.55. The summed E-state index contributed by atoms with van der Waals surface area (Å²) in [6.45, 7) is 3.09. The van der Waals surface area contributed by atoms with Crippen LogP contribution >= 0.6 is 12.4 Å². The summed E-state index contributed by atoms with van der Waals surface area (Å²) in [7, 11) is 0. The zero-order chi connectivity index (χ0) is 11.8. The molecule has 1 aromatic heterocycles. The molecule has 2 aromatic rings. The third-order valence-electron chi connectivity index (χ3n) is 3.44. The number of hydrogen-bond acceptors (Lipinski definition) is 2. The molecule has 4 heteroatoms. The monoisotopic (exact) mass is 263 g/mol. The zero-order valence-corrected chi connectivity index (χ0v) is 11.3. The first kappa shape index (κ1) is 13.1. The van der Waals surface area contributed by atoms with E-state index in [1.165, 1.54) is 16.8 Å². The van der Waals surface area contributed by atoms with E-state index in [1.807, 2.05) is 6.20 Å². The Kier molecular flexibility index (Phi) is 3.73. The van der Waals surface area contributed by atoms with Gasteiger partial charge in [0, 0.05) is 36.5 Å². The molecule has 1 aliphatic heterocycles. The minimum absolute atomic E-state index is 0. The van der Waals surface area contributed by atoms with Crippen LogP contribution in [-0.2, 0) is 13.0 Å². The van der Waals surface area contributed by atoms with E-state index in [4.69, 9.17) is 5.73 Å². The van der Waals surface area contributed by atoms with Crippen LogP contribution in [0.4, 0.5) is 0 Å². The maximum absolute atomic E-state index is 5.98. The smallest absolute Gasteiger partial charge is 0.140 e. The second kappa shape index (κ2) is 5.12. The number of halogens is 1. The number of benzene rings is 1. The Morgan fingerprint density at radius 1 is 1.28 bits per heavy atom. The van der Waals surface area contributed by atoms with Crippen LogP contribution in [0.2, 0.25) is 0 Å². The van der Waals surface area contributed by atoms with Gasteiger partial charge in [0.05, 0.1) is 0 Å². The molecule has 0 saturated carbocycles. The average molecular weight is 264 g/mol. The molecule has 96 valence electrons. The van der Waals surface area contributed by atoms with E-state index in [0.717, 1.165) is 25.2 Å². The quantitative estimate of drug-likeness (QED) is 0.859. The first-order chi connectivity index (χ1) is 8.24. The SMILES string of the molecule is Cc1ccc(-c2ncc3n2CCC(N)C3)cc1.Cl. The molecular weight excluding hydrogens is 246 g/mol. The van der Waals surface area contributed by atoms with Crippen molar-refractivity contribution in [1.29, 1.82) is 0 Å². The summed E-state index contributed by atoms with van der Waals surface area (Å²) in [5.41, 5.74) is 9.71. The third-order valence-corrected chi connectivity index (χ3v) is 3.44. The summed E-state index contributed by atoms with van der Waals surface area (Å²) in [6, 6.07) is 8.83. The lowest BCUT2D eigenvalue weighted by Crippen LogP contribution is -2.30. The third kappa shape index (κ3) is 2.28. The molecule has 0 radical (unpaired) electrons. The van der Waals surface area contributed by atoms with Crippen LogP contribution in [0, 0.1) is 6.92 Å². The number of nitrogens with two attached hydrogens (primary N) is 1. The number of aryl methyl sites for hydroxylation is 1. The summed E-state index contributed by atoms with van der Waals surface area (Å²) in [6.07, 6.45) is 3.95. The molecule has 1 aromatic carbocycles. The van der Waals surface area contributed by atoms with Gasteiger partial charge in [0.25, 0.3) is 0 Å². The molecule has 0 saturated heterocycles.